The second kappa shape index (κ2) is 8.20. The van der Waals surface area contributed by atoms with Gasteiger partial charge in [0.15, 0.2) is 0 Å². The van der Waals surface area contributed by atoms with Gasteiger partial charge in [-0.25, -0.2) is 13.1 Å². The summed E-state index contributed by atoms with van der Waals surface area (Å²) >= 11 is 1.53. The number of non-ortho nitro benzene ring substituents is 1. The maximum atomic E-state index is 12.2. The topological polar surface area (TPSA) is 101 Å². The van der Waals surface area contributed by atoms with Gasteiger partial charge in [0.25, 0.3) is 5.69 Å². The zero-order valence-corrected chi connectivity index (χ0v) is 13.6. The van der Waals surface area contributed by atoms with E-state index in [4.69, 9.17) is 0 Å². The first kappa shape index (κ1) is 17.7. The van der Waals surface area contributed by atoms with Gasteiger partial charge in [-0.1, -0.05) is 6.92 Å². The van der Waals surface area contributed by atoms with Crippen LogP contribution >= 0.6 is 11.8 Å². The first-order valence-corrected chi connectivity index (χ1v) is 9.31. The summed E-state index contributed by atoms with van der Waals surface area (Å²) in [5.74, 6) is 0.657. The normalized spacial score (nSPS) is 11.3. The number of sulfonamides is 1. The third-order valence-corrected chi connectivity index (χ3v) is 4.76. The number of nitrogens with one attached hydrogen (secondary N) is 2. The van der Waals surface area contributed by atoms with E-state index in [9.17, 15) is 18.5 Å². The number of nitro benzene ring substituents is 1. The molecule has 0 amide bonds. The van der Waals surface area contributed by atoms with Gasteiger partial charge in [0, 0.05) is 31.0 Å². The maximum absolute atomic E-state index is 12.2. The van der Waals surface area contributed by atoms with E-state index in [1.54, 1.807) is 0 Å². The van der Waals surface area contributed by atoms with Gasteiger partial charge < -0.3 is 5.32 Å². The van der Waals surface area contributed by atoms with Crippen LogP contribution in [0.15, 0.2) is 23.1 Å². The molecule has 0 aliphatic heterocycles. The first-order chi connectivity index (χ1) is 9.92. The molecular weight excluding hydrogens is 314 g/mol. The van der Waals surface area contributed by atoms with Crippen molar-refractivity contribution >= 4 is 33.2 Å². The molecular formula is C12H19N3O4S2. The molecule has 0 heterocycles. The van der Waals surface area contributed by atoms with Crippen LogP contribution in [0.2, 0.25) is 0 Å². The summed E-state index contributed by atoms with van der Waals surface area (Å²) in [4.78, 5) is 10.3. The van der Waals surface area contributed by atoms with Crippen molar-refractivity contribution in [1.82, 2.24) is 4.72 Å². The molecule has 0 spiro atoms. The van der Waals surface area contributed by atoms with Crippen molar-refractivity contribution in [2.75, 3.05) is 30.4 Å². The minimum Gasteiger partial charge on any atom is -0.384 e. The largest absolute Gasteiger partial charge is 0.384 e. The van der Waals surface area contributed by atoms with Crippen molar-refractivity contribution in [3.05, 3.63) is 28.3 Å². The molecule has 21 heavy (non-hydrogen) atoms. The van der Waals surface area contributed by atoms with Crippen LogP contribution in [-0.4, -0.2) is 38.4 Å². The average molecular weight is 333 g/mol. The molecule has 0 unspecified atom stereocenters. The Kier molecular flexibility index (Phi) is 6.93. The lowest BCUT2D eigenvalue weighted by Gasteiger charge is -2.12. The second-order valence-electron chi connectivity index (χ2n) is 4.25. The maximum Gasteiger partial charge on any atom is 0.271 e. The van der Waals surface area contributed by atoms with Crippen LogP contribution < -0.4 is 10.0 Å². The molecule has 0 radical (unpaired) electrons. The summed E-state index contributed by atoms with van der Waals surface area (Å²) < 4.78 is 27.0. The Labute approximate surface area is 128 Å². The van der Waals surface area contributed by atoms with E-state index < -0.39 is 14.9 Å². The summed E-state index contributed by atoms with van der Waals surface area (Å²) in [6.07, 6.45) is 2.66. The lowest BCUT2D eigenvalue weighted by molar-refractivity contribution is -0.384. The summed E-state index contributed by atoms with van der Waals surface area (Å²) in [5.41, 5.74) is 0.111. The van der Waals surface area contributed by atoms with Crippen LogP contribution in [0.1, 0.15) is 13.3 Å². The third-order valence-electron chi connectivity index (χ3n) is 2.63. The Morgan fingerprint density at radius 1 is 1.33 bits per heavy atom. The molecule has 9 heteroatoms. The van der Waals surface area contributed by atoms with Crippen molar-refractivity contribution in [1.29, 1.82) is 0 Å². The van der Waals surface area contributed by atoms with Crippen molar-refractivity contribution in [2.24, 2.45) is 0 Å². The first-order valence-electron chi connectivity index (χ1n) is 6.43. The van der Waals surface area contributed by atoms with Gasteiger partial charge in [0.1, 0.15) is 4.90 Å². The highest BCUT2D eigenvalue weighted by atomic mass is 32.2. The lowest BCUT2D eigenvalue weighted by atomic mass is 10.2. The fourth-order valence-corrected chi connectivity index (χ4v) is 3.25. The number of anilines is 1. The molecule has 2 N–H and O–H groups in total. The van der Waals surface area contributed by atoms with Gasteiger partial charge in [-0.05, 0) is 18.7 Å². The molecule has 7 nitrogen and oxygen atoms in total. The minimum absolute atomic E-state index is 0.0302. The van der Waals surface area contributed by atoms with Gasteiger partial charge >= 0.3 is 0 Å². The highest BCUT2D eigenvalue weighted by molar-refractivity contribution is 7.98. The zero-order chi connectivity index (χ0) is 15.9. The number of hydrogen-bond donors (Lipinski definition) is 2. The van der Waals surface area contributed by atoms with Crippen LogP contribution in [0.4, 0.5) is 11.4 Å². The van der Waals surface area contributed by atoms with Crippen LogP contribution in [-0.2, 0) is 10.0 Å². The second-order valence-corrected chi connectivity index (χ2v) is 6.98. The number of hydrogen-bond acceptors (Lipinski definition) is 6. The molecule has 0 aliphatic rings. The van der Waals surface area contributed by atoms with Crippen molar-refractivity contribution in [3.8, 4) is 0 Å². The molecule has 0 saturated heterocycles. The monoisotopic (exact) mass is 333 g/mol. The van der Waals surface area contributed by atoms with E-state index in [0.717, 1.165) is 6.42 Å². The number of rotatable bonds is 9. The summed E-state index contributed by atoms with van der Waals surface area (Å²) in [6, 6.07) is 3.70. The quantitative estimate of drug-likeness (QED) is 0.407. The Morgan fingerprint density at radius 3 is 2.62 bits per heavy atom. The van der Waals surface area contributed by atoms with Gasteiger partial charge in [0.2, 0.25) is 10.0 Å². The van der Waals surface area contributed by atoms with E-state index in [2.05, 4.69) is 10.0 Å². The predicted octanol–water partition coefficient (Wildman–Crippen LogP) is 2.06. The fraction of sp³-hybridized carbons (Fsp3) is 0.500. The highest BCUT2D eigenvalue weighted by Crippen LogP contribution is 2.26. The van der Waals surface area contributed by atoms with E-state index in [-0.39, 0.29) is 16.3 Å². The smallest absolute Gasteiger partial charge is 0.271 e. The lowest BCUT2D eigenvalue weighted by Crippen LogP contribution is -2.27. The van der Waals surface area contributed by atoms with Crippen molar-refractivity contribution in [2.45, 2.75) is 18.2 Å². The number of benzene rings is 1. The number of nitro groups is 1. The van der Waals surface area contributed by atoms with Gasteiger partial charge in [-0.15, -0.1) is 0 Å². The van der Waals surface area contributed by atoms with Crippen molar-refractivity contribution in [3.63, 3.8) is 0 Å². The summed E-state index contributed by atoms with van der Waals surface area (Å²) in [7, 11) is -3.68. The molecule has 1 rings (SSSR count). The number of nitrogens with zero attached hydrogens (tertiary/aromatic N) is 1. The van der Waals surface area contributed by atoms with E-state index in [0.29, 0.717) is 18.8 Å². The molecule has 0 fully saturated rings. The standard InChI is InChI=1S/C12H19N3O4S2/c1-3-6-13-11-9-10(15(16)17)4-5-12(11)21(18,19)14-7-8-20-2/h4-5,9,13-14H,3,6-8H2,1-2H3. The van der Waals surface area contributed by atoms with E-state index >= 15 is 0 Å². The Morgan fingerprint density at radius 2 is 2.05 bits per heavy atom. The summed E-state index contributed by atoms with van der Waals surface area (Å²) in [6.45, 7) is 2.78. The average Bonchev–Trinajstić information content (AvgIpc) is 2.44. The SMILES string of the molecule is CCCNc1cc([N+](=O)[O-])ccc1S(=O)(=O)NCCSC. The minimum atomic E-state index is -3.68. The molecule has 0 bridgehead atoms. The van der Waals surface area contributed by atoms with Gasteiger partial charge in [-0.3, -0.25) is 10.1 Å². The third kappa shape index (κ3) is 5.18. The van der Waals surface area contributed by atoms with Gasteiger partial charge in [0.05, 0.1) is 10.6 Å². The fourth-order valence-electron chi connectivity index (χ4n) is 1.62. The molecule has 1 aromatic carbocycles. The molecule has 118 valence electrons. The van der Waals surface area contributed by atoms with Gasteiger partial charge in [-0.2, -0.15) is 11.8 Å². The predicted molar refractivity (Wildman–Crippen MR) is 85.4 cm³/mol. The Balaban J connectivity index is 3.11. The van der Waals surface area contributed by atoms with Crippen molar-refractivity contribution < 1.29 is 13.3 Å². The Bertz CT molecular complexity index is 590. The van der Waals surface area contributed by atoms with E-state index in [1.165, 1.54) is 30.0 Å². The molecule has 0 saturated carbocycles. The Hall–Kier alpha value is -1.32. The molecule has 0 atom stereocenters. The molecule has 0 aliphatic carbocycles. The molecule has 0 aromatic heterocycles. The van der Waals surface area contributed by atoms with Crippen LogP contribution in [0, 0.1) is 10.1 Å². The number of thioether (sulfide) groups is 1. The van der Waals surface area contributed by atoms with Crippen LogP contribution in [0.3, 0.4) is 0 Å². The van der Waals surface area contributed by atoms with Crippen LogP contribution in [0.5, 0.6) is 0 Å². The summed E-state index contributed by atoms with van der Waals surface area (Å²) in [5, 5.41) is 13.7. The zero-order valence-electron chi connectivity index (χ0n) is 12.0. The van der Waals surface area contributed by atoms with E-state index in [1.807, 2.05) is 13.2 Å². The van der Waals surface area contributed by atoms with Crippen LogP contribution in [0.25, 0.3) is 0 Å². The highest BCUT2D eigenvalue weighted by Gasteiger charge is 2.20. The molecule has 1 aromatic rings.